The summed E-state index contributed by atoms with van der Waals surface area (Å²) >= 11 is 0. The van der Waals surface area contributed by atoms with Crippen LogP contribution in [0.2, 0.25) is 0 Å². The van der Waals surface area contributed by atoms with Crippen molar-refractivity contribution in [1.82, 2.24) is 0 Å². The van der Waals surface area contributed by atoms with Gasteiger partial charge in [-0.15, -0.1) is 0 Å². The molecule has 3 aliphatic heterocycles. The predicted octanol–water partition coefficient (Wildman–Crippen LogP) is 8.41. The fraction of sp³-hybridized carbons (Fsp3) is 0.622. The first-order valence-corrected chi connectivity index (χ1v) is 15.4. The molecule has 4 heteroatoms. The number of ether oxygens (including phenoxy) is 2. The van der Waals surface area contributed by atoms with Crippen LogP contribution in [0.5, 0.6) is 11.5 Å². The van der Waals surface area contributed by atoms with E-state index in [4.69, 9.17) is 9.47 Å². The Bertz CT molecular complexity index is 1390. The summed E-state index contributed by atoms with van der Waals surface area (Å²) in [4.78, 5) is 0. The van der Waals surface area contributed by atoms with Crippen LogP contribution in [0.25, 0.3) is 0 Å². The maximum absolute atomic E-state index is 7.33. The van der Waals surface area contributed by atoms with E-state index >= 15 is 0 Å². The van der Waals surface area contributed by atoms with Gasteiger partial charge in [0.15, 0.2) is 23.9 Å². The summed E-state index contributed by atoms with van der Waals surface area (Å²) in [5.74, 6) is 1.83. The molecule has 41 heavy (non-hydrogen) atoms. The Morgan fingerprint density at radius 1 is 0.488 bits per heavy atom. The van der Waals surface area contributed by atoms with E-state index < -0.39 is 6.03 Å². The van der Waals surface area contributed by atoms with Gasteiger partial charge in [-0.25, -0.2) is 0 Å². The molecule has 0 radical (unpaired) electrons. The van der Waals surface area contributed by atoms with Crippen LogP contribution in [0, 0.1) is 0 Å². The second-order valence-electron chi connectivity index (χ2n) is 17.8. The van der Waals surface area contributed by atoms with Gasteiger partial charge in [0.1, 0.15) is 0 Å². The van der Waals surface area contributed by atoms with E-state index in [9.17, 15) is 0 Å². The molecule has 0 unspecified atom stereocenters. The van der Waals surface area contributed by atoms with Crippen molar-refractivity contribution in [3.8, 4) is 11.5 Å². The van der Waals surface area contributed by atoms with Crippen LogP contribution in [0.3, 0.4) is 0 Å². The van der Waals surface area contributed by atoms with Gasteiger partial charge in [-0.2, -0.15) is 0 Å². The van der Waals surface area contributed by atoms with Gasteiger partial charge in [0.25, 0.3) is 0 Å². The Labute approximate surface area is 249 Å². The molecule has 0 amide bonds. The van der Waals surface area contributed by atoms with Crippen LogP contribution >= 0.6 is 0 Å². The van der Waals surface area contributed by atoms with Crippen LogP contribution in [0.1, 0.15) is 144 Å². The van der Waals surface area contributed by atoms with Crippen molar-refractivity contribution in [1.29, 1.82) is 0 Å². The minimum absolute atomic E-state index is 0.0181. The molecule has 3 heterocycles. The summed E-state index contributed by atoms with van der Waals surface area (Å²) in [5, 5.41) is 0. The van der Waals surface area contributed by atoms with Crippen LogP contribution in [-0.2, 0) is 21.7 Å². The molecular weight excluding hydrogens is 504 g/mol. The van der Waals surface area contributed by atoms with Gasteiger partial charge >= 0.3 is 6.03 Å². The van der Waals surface area contributed by atoms with Gasteiger partial charge in [0.2, 0.25) is 11.1 Å². The highest BCUT2D eigenvalue weighted by atomic mass is 16.7. The minimum Gasteiger partial charge on any atom is -0.340 e. The van der Waals surface area contributed by atoms with Crippen LogP contribution in [-0.4, -0.2) is 38.7 Å². The fourth-order valence-corrected chi connectivity index (χ4v) is 6.36. The van der Waals surface area contributed by atoms with Crippen molar-refractivity contribution in [3.63, 3.8) is 0 Å². The van der Waals surface area contributed by atoms with Gasteiger partial charge in [-0.1, -0.05) is 104 Å². The largest absolute Gasteiger partial charge is 0.705 e. The number of rotatable bonds is 0. The minimum atomic E-state index is -1.14. The van der Waals surface area contributed by atoms with Crippen LogP contribution < -0.4 is 9.47 Å². The van der Waals surface area contributed by atoms with E-state index in [0.29, 0.717) is 0 Å². The fourth-order valence-electron chi connectivity index (χ4n) is 6.36. The van der Waals surface area contributed by atoms with Gasteiger partial charge in [-0.3, -0.25) is 0 Å². The maximum atomic E-state index is 7.33. The molecule has 1 fully saturated rings. The molecule has 0 aliphatic carbocycles. The average Bonchev–Trinajstić information content (AvgIpc) is 2.91. The first-order chi connectivity index (χ1) is 18.3. The molecule has 2 aromatic carbocycles. The van der Waals surface area contributed by atoms with Crippen molar-refractivity contribution in [2.24, 2.45) is 0 Å². The van der Waals surface area contributed by atoms with Gasteiger partial charge in [-0.05, 0) is 44.9 Å². The third-order valence-electron chi connectivity index (χ3n) is 9.90. The number of hydrogen-bond acceptors (Lipinski definition) is 2. The summed E-state index contributed by atoms with van der Waals surface area (Å²) in [6, 6.07) is 8.20. The van der Waals surface area contributed by atoms with Gasteiger partial charge in [0.05, 0.1) is 11.1 Å². The van der Waals surface area contributed by atoms with Gasteiger partial charge < -0.3 is 9.47 Å². The number of fused-ring (bicyclic) bond motifs is 2. The molecule has 0 atom stereocenters. The third-order valence-corrected chi connectivity index (χ3v) is 9.90. The Balaban J connectivity index is 1.86. The summed E-state index contributed by atoms with van der Waals surface area (Å²) in [6.07, 6.45) is 4.62. The monoisotopic (exact) mass is 558 g/mol. The second kappa shape index (κ2) is 8.26. The Kier molecular flexibility index (Phi) is 6.02. The molecule has 3 aliphatic rings. The highest BCUT2D eigenvalue weighted by Gasteiger charge is 2.83. The van der Waals surface area contributed by atoms with E-state index in [0.717, 1.165) is 22.6 Å². The quantitative estimate of drug-likeness (QED) is 0.303. The zero-order chi connectivity index (χ0) is 30.9. The topological polar surface area (TPSA) is 24.5 Å². The average molecular weight is 559 g/mol. The van der Waals surface area contributed by atoms with Crippen molar-refractivity contribution in [3.05, 3.63) is 57.6 Å². The zero-order valence-electron chi connectivity index (χ0n) is 28.7. The number of hydrogen-bond donors (Lipinski definition) is 0. The summed E-state index contributed by atoms with van der Waals surface area (Å²) in [6.45, 7) is 36.6. The Morgan fingerprint density at radius 3 is 1.07 bits per heavy atom. The van der Waals surface area contributed by atoms with Crippen molar-refractivity contribution in [2.75, 3.05) is 0 Å². The number of benzene rings is 2. The molecule has 222 valence electrons. The molecule has 1 spiro atoms. The van der Waals surface area contributed by atoms with E-state index in [1.165, 1.54) is 22.3 Å². The molecule has 0 aromatic heterocycles. The first-order valence-electron chi connectivity index (χ1n) is 15.4. The molecular formula is C37H54N2O2+2. The maximum Gasteiger partial charge on any atom is 0.705 e. The van der Waals surface area contributed by atoms with E-state index in [2.05, 4.69) is 157 Å². The highest BCUT2D eigenvalue weighted by molar-refractivity contribution is 5.85. The Morgan fingerprint density at radius 2 is 0.805 bits per heavy atom. The molecule has 0 N–H and O–H groups in total. The van der Waals surface area contributed by atoms with Crippen molar-refractivity contribution in [2.45, 2.75) is 150 Å². The van der Waals surface area contributed by atoms with Gasteiger partial charge in [0, 0.05) is 38.8 Å². The predicted molar refractivity (Wildman–Crippen MR) is 171 cm³/mol. The lowest BCUT2D eigenvalue weighted by molar-refractivity contribution is -0.875. The normalized spacial score (nSPS) is 20.5. The molecule has 4 nitrogen and oxygen atoms in total. The lowest BCUT2D eigenvalue weighted by Gasteiger charge is -2.35. The van der Waals surface area contributed by atoms with Crippen molar-refractivity contribution < 1.29 is 18.6 Å². The standard InChI is InChI=1S/C37H54N2O2/c1-31(2,3)25-17-23-21-38-35(13,14)36(15,16)39-22-24-18-26(32(4,5)6)20-28(34(10,11)12)30(24)41-37(38,39)40-29(23)27(19-25)33(7,8)9/h17-22H,1-16H3/q+2. The summed E-state index contributed by atoms with van der Waals surface area (Å²) in [5.41, 5.74) is 6.49. The third kappa shape index (κ3) is 4.29. The van der Waals surface area contributed by atoms with E-state index in [-0.39, 0.29) is 32.7 Å². The second-order valence-corrected chi connectivity index (χ2v) is 17.8. The molecule has 5 rings (SSSR count). The molecule has 2 aromatic rings. The summed E-state index contributed by atoms with van der Waals surface area (Å²) < 4.78 is 19.3. The summed E-state index contributed by atoms with van der Waals surface area (Å²) in [7, 11) is 0. The SMILES string of the molecule is CC(C)(C)c1cc2c(c(C(C)(C)C)c1)OC13Oc4c(cc(C(C)(C)C)cc4C(C)(C)C)C=[N+]1C(C)(C)C(C)(C)[N+]3=C2. The molecule has 0 bridgehead atoms. The van der Waals surface area contributed by atoms with E-state index in [1.807, 2.05) is 0 Å². The zero-order valence-corrected chi connectivity index (χ0v) is 28.7. The molecule has 1 saturated heterocycles. The smallest absolute Gasteiger partial charge is 0.340 e. The van der Waals surface area contributed by atoms with Crippen molar-refractivity contribution >= 4 is 12.4 Å². The Hall–Kier alpha value is -2.62. The number of nitrogens with zero attached hydrogens (tertiary/aromatic N) is 2. The van der Waals surface area contributed by atoms with E-state index in [1.54, 1.807) is 0 Å². The van der Waals surface area contributed by atoms with Crippen LogP contribution in [0.4, 0.5) is 0 Å². The molecule has 0 saturated carbocycles. The van der Waals surface area contributed by atoms with Crippen LogP contribution in [0.15, 0.2) is 24.3 Å². The lowest BCUT2D eigenvalue weighted by atomic mass is 9.78. The first kappa shape index (κ1) is 29.9. The lowest BCUT2D eigenvalue weighted by Crippen LogP contribution is -2.61. The highest BCUT2D eigenvalue weighted by Crippen LogP contribution is 2.52.